The Labute approximate surface area is 141 Å². The van der Waals surface area contributed by atoms with Crippen LogP contribution in [0.5, 0.6) is 0 Å². The lowest BCUT2D eigenvalue weighted by molar-refractivity contribution is 0.305. The molecule has 0 atom stereocenters. The van der Waals surface area contributed by atoms with Crippen LogP contribution in [0.25, 0.3) is 0 Å². The van der Waals surface area contributed by atoms with Crippen LogP contribution in [0, 0.1) is 0 Å². The number of sulfonamides is 1. The molecule has 9 heteroatoms. The average molecular weight is 422 g/mol. The summed E-state index contributed by atoms with van der Waals surface area (Å²) < 4.78 is 27.3. The molecule has 0 unspecified atom stereocenters. The van der Waals surface area contributed by atoms with Crippen molar-refractivity contribution in [2.45, 2.75) is 11.3 Å². The maximum absolute atomic E-state index is 12.6. The van der Waals surface area contributed by atoms with Gasteiger partial charge in [0.05, 0.1) is 4.34 Å². The molecule has 2 heterocycles. The zero-order valence-electron chi connectivity index (χ0n) is 10.7. The Bertz CT molecular complexity index is 565. The summed E-state index contributed by atoms with van der Waals surface area (Å²) in [5.41, 5.74) is 0. The summed E-state index contributed by atoms with van der Waals surface area (Å²) in [7, 11) is -3.54. The highest BCUT2D eigenvalue weighted by atomic mass is 79.9. The molecule has 2 rings (SSSR count). The second-order valence-electron chi connectivity index (χ2n) is 4.48. The molecule has 114 valence electrons. The van der Waals surface area contributed by atoms with Crippen molar-refractivity contribution in [3.8, 4) is 0 Å². The molecule has 20 heavy (non-hydrogen) atoms. The second kappa shape index (κ2) is 7.26. The smallest absolute Gasteiger partial charge is 0.245 e. The van der Waals surface area contributed by atoms with Crippen LogP contribution in [0.3, 0.4) is 0 Å². The lowest BCUT2D eigenvalue weighted by Crippen LogP contribution is -2.35. The number of nitrogens with zero attached hydrogens (tertiary/aromatic N) is 2. The van der Waals surface area contributed by atoms with Gasteiger partial charge in [-0.05, 0) is 19.0 Å². The molecule has 1 aromatic heterocycles. The third-order valence-corrected chi connectivity index (χ3v) is 7.20. The second-order valence-corrected chi connectivity index (χ2v) is 9.46. The van der Waals surface area contributed by atoms with Crippen molar-refractivity contribution in [3.63, 3.8) is 0 Å². The van der Waals surface area contributed by atoms with Gasteiger partial charge >= 0.3 is 0 Å². The summed E-state index contributed by atoms with van der Waals surface area (Å²) in [4.78, 5) is 2.38. The average Bonchev–Trinajstić information content (AvgIpc) is 2.61. The number of hydrogen-bond acceptors (Lipinski definition) is 4. The Kier molecular flexibility index (Phi) is 6.17. The topological polar surface area (TPSA) is 40.6 Å². The van der Waals surface area contributed by atoms with E-state index < -0.39 is 10.0 Å². The van der Waals surface area contributed by atoms with Gasteiger partial charge in [-0.25, -0.2) is 8.42 Å². The summed E-state index contributed by atoms with van der Waals surface area (Å²) in [5, 5.41) is 0.895. The lowest BCUT2D eigenvalue weighted by Gasteiger charge is -2.20. The van der Waals surface area contributed by atoms with Crippen LogP contribution in [0.4, 0.5) is 0 Å². The van der Waals surface area contributed by atoms with Crippen LogP contribution in [0.1, 0.15) is 6.42 Å². The van der Waals surface area contributed by atoms with Crippen LogP contribution >= 0.6 is 50.5 Å². The highest BCUT2D eigenvalue weighted by molar-refractivity contribution is 9.09. The fourth-order valence-electron chi connectivity index (χ4n) is 2.17. The number of alkyl halides is 1. The van der Waals surface area contributed by atoms with E-state index in [0.29, 0.717) is 17.4 Å². The van der Waals surface area contributed by atoms with Crippen LogP contribution in [0.2, 0.25) is 8.67 Å². The summed E-state index contributed by atoms with van der Waals surface area (Å²) >= 11 is 16.3. The van der Waals surface area contributed by atoms with Gasteiger partial charge in [0.2, 0.25) is 10.0 Å². The van der Waals surface area contributed by atoms with Gasteiger partial charge in [0, 0.05) is 31.5 Å². The summed E-state index contributed by atoms with van der Waals surface area (Å²) in [6.07, 6.45) is 0.821. The van der Waals surface area contributed by atoms with E-state index >= 15 is 0 Å². The van der Waals surface area contributed by atoms with Crippen LogP contribution in [0.15, 0.2) is 11.0 Å². The third-order valence-electron chi connectivity index (χ3n) is 3.19. The van der Waals surface area contributed by atoms with Crippen LogP contribution in [-0.2, 0) is 10.0 Å². The minimum Gasteiger partial charge on any atom is -0.301 e. The van der Waals surface area contributed by atoms with Crippen molar-refractivity contribution >= 4 is 60.5 Å². The summed E-state index contributed by atoms with van der Waals surface area (Å²) in [6, 6.07) is 1.44. The first-order chi connectivity index (χ1) is 9.45. The molecule has 1 fully saturated rings. The van der Waals surface area contributed by atoms with Gasteiger partial charge in [-0.3, -0.25) is 0 Å². The highest BCUT2D eigenvalue weighted by Gasteiger charge is 2.29. The van der Waals surface area contributed by atoms with Gasteiger partial charge in [-0.1, -0.05) is 39.1 Å². The molecule has 0 saturated carbocycles. The molecule has 4 nitrogen and oxygen atoms in total. The SMILES string of the molecule is O=S(=O)(c1cc(Cl)sc1Cl)N1CCCN(CCBr)CC1. The Morgan fingerprint density at radius 2 is 2.00 bits per heavy atom. The van der Waals surface area contributed by atoms with Crippen molar-refractivity contribution in [1.29, 1.82) is 0 Å². The first kappa shape index (κ1) is 17.0. The molecule has 0 aliphatic carbocycles. The van der Waals surface area contributed by atoms with Gasteiger partial charge in [0.25, 0.3) is 0 Å². The van der Waals surface area contributed by atoms with Crippen molar-refractivity contribution in [2.24, 2.45) is 0 Å². The van der Waals surface area contributed by atoms with Crippen molar-refractivity contribution in [3.05, 3.63) is 14.7 Å². The van der Waals surface area contributed by atoms with E-state index in [-0.39, 0.29) is 9.23 Å². The zero-order valence-corrected chi connectivity index (χ0v) is 15.4. The molecule has 0 spiro atoms. The van der Waals surface area contributed by atoms with Gasteiger partial charge in [-0.15, -0.1) is 11.3 Å². The van der Waals surface area contributed by atoms with E-state index in [1.165, 1.54) is 10.4 Å². The molecule has 1 aliphatic rings. The molecule has 1 saturated heterocycles. The molecular formula is C11H15BrCl2N2O2S2. The monoisotopic (exact) mass is 420 g/mol. The summed E-state index contributed by atoms with van der Waals surface area (Å²) in [6.45, 7) is 3.58. The van der Waals surface area contributed by atoms with Crippen molar-refractivity contribution < 1.29 is 8.42 Å². The summed E-state index contributed by atoms with van der Waals surface area (Å²) in [5.74, 6) is 0. The van der Waals surface area contributed by atoms with Gasteiger partial charge < -0.3 is 4.90 Å². The minimum absolute atomic E-state index is 0.128. The first-order valence-corrected chi connectivity index (χ1v) is 10.3. The number of thiophene rings is 1. The Morgan fingerprint density at radius 1 is 1.25 bits per heavy atom. The largest absolute Gasteiger partial charge is 0.301 e. The van der Waals surface area contributed by atoms with Gasteiger partial charge in [0.1, 0.15) is 9.23 Å². The quantitative estimate of drug-likeness (QED) is 0.701. The molecule has 0 bridgehead atoms. The van der Waals surface area contributed by atoms with Gasteiger partial charge in [-0.2, -0.15) is 4.31 Å². The normalized spacial score (nSPS) is 19.1. The van der Waals surface area contributed by atoms with E-state index in [4.69, 9.17) is 23.2 Å². The van der Waals surface area contributed by atoms with Gasteiger partial charge in [0.15, 0.2) is 0 Å². The Morgan fingerprint density at radius 3 is 2.60 bits per heavy atom. The maximum atomic E-state index is 12.6. The van der Waals surface area contributed by atoms with Crippen LogP contribution < -0.4 is 0 Å². The van der Waals surface area contributed by atoms with E-state index in [2.05, 4.69) is 20.8 Å². The van der Waals surface area contributed by atoms with Crippen LogP contribution in [-0.4, -0.2) is 55.7 Å². The fraction of sp³-hybridized carbons (Fsp3) is 0.636. The number of rotatable bonds is 4. The van der Waals surface area contributed by atoms with Crippen molar-refractivity contribution in [2.75, 3.05) is 38.1 Å². The molecule has 0 amide bonds. The standard InChI is InChI=1S/C11H15BrCl2N2O2S2/c12-2-5-15-3-1-4-16(7-6-15)20(17,18)9-8-10(13)19-11(9)14/h8H,1-7H2. The first-order valence-electron chi connectivity index (χ1n) is 6.18. The maximum Gasteiger partial charge on any atom is 0.245 e. The van der Waals surface area contributed by atoms with E-state index in [9.17, 15) is 8.42 Å². The Hall–Kier alpha value is 0.630. The number of hydrogen-bond donors (Lipinski definition) is 0. The fourth-order valence-corrected chi connectivity index (χ4v) is 6.25. The van der Waals surface area contributed by atoms with E-state index in [1.54, 1.807) is 0 Å². The molecule has 0 radical (unpaired) electrons. The highest BCUT2D eigenvalue weighted by Crippen LogP contribution is 2.35. The molecule has 0 N–H and O–H groups in total. The molecule has 1 aliphatic heterocycles. The predicted octanol–water partition coefficient (Wildman–Crippen LogP) is 3.15. The zero-order chi connectivity index (χ0) is 14.8. The third kappa shape index (κ3) is 3.88. The predicted molar refractivity (Wildman–Crippen MR) is 87.9 cm³/mol. The lowest BCUT2D eigenvalue weighted by atomic mass is 10.4. The van der Waals surface area contributed by atoms with Crippen molar-refractivity contribution in [1.82, 2.24) is 9.21 Å². The van der Waals surface area contributed by atoms with E-state index in [1.807, 2.05) is 0 Å². The molecule has 0 aromatic carbocycles. The minimum atomic E-state index is -3.54. The number of halogens is 3. The molecular weight excluding hydrogens is 407 g/mol. The Balaban J connectivity index is 2.16. The van der Waals surface area contributed by atoms with E-state index in [0.717, 1.165) is 42.7 Å². The molecule has 1 aromatic rings.